The highest BCUT2D eigenvalue weighted by Gasteiger charge is 2.19. The summed E-state index contributed by atoms with van der Waals surface area (Å²) in [6.07, 6.45) is 1.96. The first-order valence-electron chi connectivity index (χ1n) is 5.60. The molecule has 0 aromatic heterocycles. The molecule has 1 fully saturated rings. The fourth-order valence-electron chi connectivity index (χ4n) is 1.95. The molecule has 0 saturated carbocycles. The third-order valence-electron chi connectivity index (χ3n) is 2.84. The second kappa shape index (κ2) is 6.35. The summed E-state index contributed by atoms with van der Waals surface area (Å²) in [5.74, 6) is 0. The van der Waals surface area contributed by atoms with Crippen LogP contribution >= 0.6 is 0 Å². The van der Waals surface area contributed by atoms with E-state index >= 15 is 0 Å². The lowest BCUT2D eigenvalue weighted by molar-refractivity contribution is 0.0853. The molecule has 4 heteroatoms. The van der Waals surface area contributed by atoms with Crippen LogP contribution in [-0.4, -0.2) is 60.4 Å². The fourth-order valence-corrected chi connectivity index (χ4v) is 1.95. The van der Waals surface area contributed by atoms with Crippen LogP contribution in [-0.2, 0) is 0 Å². The number of rotatable bonds is 5. The topological polar surface area (TPSA) is 52.7 Å². The molecule has 0 radical (unpaired) electrons. The summed E-state index contributed by atoms with van der Waals surface area (Å²) >= 11 is 0. The molecule has 3 N–H and O–H groups in total. The molecule has 1 rings (SSSR count). The normalized spacial score (nSPS) is 22.5. The smallest absolute Gasteiger partial charge is 0.0594 e. The van der Waals surface area contributed by atoms with E-state index in [0.29, 0.717) is 6.42 Å². The van der Waals surface area contributed by atoms with Crippen molar-refractivity contribution in [2.75, 3.05) is 39.3 Å². The monoisotopic (exact) mass is 201 g/mol. The van der Waals surface area contributed by atoms with Crippen molar-refractivity contribution in [3.8, 4) is 0 Å². The van der Waals surface area contributed by atoms with Crippen molar-refractivity contribution in [1.29, 1.82) is 0 Å². The van der Waals surface area contributed by atoms with E-state index in [4.69, 9.17) is 10.8 Å². The van der Waals surface area contributed by atoms with Crippen LogP contribution < -0.4 is 5.73 Å². The van der Waals surface area contributed by atoms with Crippen LogP contribution in [0.5, 0.6) is 0 Å². The maximum atomic E-state index is 8.79. The largest absolute Gasteiger partial charge is 0.396 e. The molecular weight excluding hydrogens is 178 g/mol. The molecule has 0 aromatic carbocycles. The average Bonchev–Trinajstić information content (AvgIpc) is 2.20. The molecule has 1 saturated heterocycles. The Kier molecular flexibility index (Phi) is 5.40. The molecule has 84 valence electrons. The standard InChI is InChI=1S/C10H23N3O/c1-2-4-12-5-7-13(8-6-12)10(11)3-9-14/h10,14H,2-9,11H2,1H3. The Balaban J connectivity index is 2.21. The lowest BCUT2D eigenvalue weighted by Crippen LogP contribution is -2.53. The summed E-state index contributed by atoms with van der Waals surface area (Å²) < 4.78 is 0. The maximum absolute atomic E-state index is 8.79. The molecule has 0 bridgehead atoms. The van der Waals surface area contributed by atoms with Crippen molar-refractivity contribution in [2.45, 2.75) is 25.9 Å². The number of hydrogen-bond donors (Lipinski definition) is 2. The van der Waals surface area contributed by atoms with E-state index in [0.717, 1.165) is 26.2 Å². The molecule has 1 unspecified atom stereocenters. The van der Waals surface area contributed by atoms with Gasteiger partial charge in [-0.25, -0.2) is 0 Å². The van der Waals surface area contributed by atoms with Gasteiger partial charge in [0.25, 0.3) is 0 Å². The van der Waals surface area contributed by atoms with Gasteiger partial charge in [-0.2, -0.15) is 0 Å². The van der Waals surface area contributed by atoms with Crippen LogP contribution in [0.25, 0.3) is 0 Å². The first-order chi connectivity index (χ1) is 6.77. The summed E-state index contributed by atoms with van der Waals surface area (Å²) in [7, 11) is 0. The van der Waals surface area contributed by atoms with E-state index < -0.39 is 0 Å². The van der Waals surface area contributed by atoms with Gasteiger partial charge in [-0.15, -0.1) is 0 Å². The number of hydrogen-bond acceptors (Lipinski definition) is 4. The molecule has 1 heterocycles. The quantitative estimate of drug-likeness (QED) is 0.640. The summed E-state index contributed by atoms with van der Waals surface area (Å²) in [5.41, 5.74) is 5.93. The Morgan fingerprint density at radius 3 is 2.43 bits per heavy atom. The van der Waals surface area contributed by atoms with Gasteiger partial charge >= 0.3 is 0 Å². The van der Waals surface area contributed by atoms with Gasteiger partial charge in [0.05, 0.1) is 6.17 Å². The van der Waals surface area contributed by atoms with Crippen molar-refractivity contribution in [2.24, 2.45) is 5.73 Å². The molecular formula is C10H23N3O. The van der Waals surface area contributed by atoms with Crippen LogP contribution in [0.1, 0.15) is 19.8 Å². The SMILES string of the molecule is CCCN1CCN(C(N)CCO)CC1. The second-order valence-corrected chi connectivity index (χ2v) is 3.96. The van der Waals surface area contributed by atoms with Crippen LogP contribution in [0.15, 0.2) is 0 Å². The van der Waals surface area contributed by atoms with Gasteiger partial charge in [-0.05, 0) is 19.4 Å². The van der Waals surface area contributed by atoms with Crippen molar-refractivity contribution >= 4 is 0 Å². The van der Waals surface area contributed by atoms with Gasteiger partial charge in [0, 0.05) is 32.8 Å². The second-order valence-electron chi connectivity index (χ2n) is 3.96. The Hall–Kier alpha value is -0.160. The van der Waals surface area contributed by atoms with Gasteiger partial charge < -0.3 is 15.7 Å². The number of nitrogens with two attached hydrogens (primary N) is 1. The van der Waals surface area contributed by atoms with E-state index in [1.54, 1.807) is 0 Å². The number of aliphatic hydroxyl groups excluding tert-OH is 1. The van der Waals surface area contributed by atoms with E-state index in [1.807, 2.05) is 0 Å². The van der Waals surface area contributed by atoms with Gasteiger partial charge in [-0.3, -0.25) is 4.90 Å². The van der Waals surface area contributed by atoms with Crippen LogP contribution in [0, 0.1) is 0 Å². The minimum Gasteiger partial charge on any atom is -0.396 e. The fraction of sp³-hybridized carbons (Fsp3) is 1.00. The summed E-state index contributed by atoms with van der Waals surface area (Å²) in [6, 6.07) is 0. The molecule has 4 nitrogen and oxygen atoms in total. The summed E-state index contributed by atoms with van der Waals surface area (Å²) in [5, 5.41) is 8.79. The maximum Gasteiger partial charge on any atom is 0.0594 e. The Morgan fingerprint density at radius 2 is 1.93 bits per heavy atom. The highest BCUT2D eigenvalue weighted by atomic mass is 16.3. The first-order valence-corrected chi connectivity index (χ1v) is 5.60. The zero-order valence-electron chi connectivity index (χ0n) is 9.15. The predicted molar refractivity (Wildman–Crippen MR) is 58.0 cm³/mol. The molecule has 0 aromatic rings. The summed E-state index contributed by atoms with van der Waals surface area (Å²) in [4.78, 5) is 4.74. The van der Waals surface area contributed by atoms with Crippen molar-refractivity contribution in [1.82, 2.24) is 9.80 Å². The Bertz CT molecular complexity index is 146. The van der Waals surface area contributed by atoms with E-state index in [1.165, 1.54) is 13.0 Å². The number of nitrogens with zero attached hydrogens (tertiary/aromatic N) is 2. The molecule has 1 aliphatic heterocycles. The van der Waals surface area contributed by atoms with Crippen molar-refractivity contribution in [3.63, 3.8) is 0 Å². The highest BCUT2D eigenvalue weighted by Crippen LogP contribution is 2.05. The molecule has 1 aliphatic rings. The third kappa shape index (κ3) is 3.53. The Morgan fingerprint density at radius 1 is 1.29 bits per heavy atom. The molecule has 14 heavy (non-hydrogen) atoms. The van der Waals surface area contributed by atoms with Crippen LogP contribution in [0.2, 0.25) is 0 Å². The van der Waals surface area contributed by atoms with Crippen LogP contribution in [0.3, 0.4) is 0 Å². The average molecular weight is 201 g/mol. The van der Waals surface area contributed by atoms with E-state index in [-0.39, 0.29) is 12.8 Å². The molecule has 0 spiro atoms. The Labute approximate surface area is 86.7 Å². The lowest BCUT2D eigenvalue weighted by atomic mass is 10.2. The van der Waals surface area contributed by atoms with E-state index in [9.17, 15) is 0 Å². The molecule has 0 amide bonds. The zero-order valence-corrected chi connectivity index (χ0v) is 9.15. The van der Waals surface area contributed by atoms with E-state index in [2.05, 4.69) is 16.7 Å². The van der Waals surface area contributed by atoms with Gasteiger partial charge in [0.15, 0.2) is 0 Å². The van der Waals surface area contributed by atoms with Gasteiger partial charge in [-0.1, -0.05) is 6.92 Å². The lowest BCUT2D eigenvalue weighted by Gasteiger charge is -2.37. The zero-order chi connectivity index (χ0) is 10.4. The van der Waals surface area contributed by atoms with Crippen LogP contribution in [0.4, 0.5) is 0 Å². The van der Waals surface area contributed by atoms with Crippen molar-refractivity contribution in [3.05, 3.63) is 0 Å². The van der Waals surface area contributed by atoms with Gasteiger partial charge in [0.2, 0.25) is 0 Å². The van der Waals surface area contributed by atoms with Crippen molar-refractivity contribution < 1.29 is 5.11 Å². The third-order valence-corrected chi connectivity index (χ3v) is 2.84. The minimum atomic E-state index is 0.0452. The van der Waals surface area contributed by atoms with Gasteiger partial charge in [0.1, 0.15) is 0 Å². The first kappa shape index (κ1) is 11.9. The predicted octanol–water partition coefficient (Wildman–Crippen LogP) is -0.319. The number of piperazine rings is 1. The minimum absolute atomic E-state index is 0.0452. The molecule has 0 aliphatic carbocycles. The number of aliphatic hydroxyl groups is 1. The summed E-state index contributed by atoms with van der Waals surface area (Å²) in [6.45, 7) is 7.92. The highest BCUT2D eigenvalue weighted by molar-refractivity contribution is 4.75. The molecule has 1 atom stereocenters.